The zero-order valence-electron chi connectivity index (χ0n) is 21.3. The summed E-state index contributed by atoms with van der Waals surface area (Å²) in [5, 5.41) is 11.0. The highest BCUT2D eigenvalue weighted by Gasteiger charge is 2.38. The molecule has 1 aromatic carbocycles. The van der Waals surface area contributed by atoms with Gasteiger partial charge in [-0.2, -0.15) is 24.9 Å². The lowest BCUT2D eigenvalue weighted by atomic mass is 9.95. The first-order valence-corrected chi connectivity index (χ1v) is 13.9. The second-order valence-corrected chi connectivity index (χ2v) is 11.1. The summed E-state index contributed by atoms with van der Waals surface area (Å²) in [6.45, 7) is 6.51. The van der Waals surface area contributed by atoms with Crippen molar-refractivity contribution in [3.05, 3.63) is 34.1 Å². The molecule has 0 saturated carbocycles. The van der Waals surface area contributed by atoms with Crippen molar-refractivity contribution in [2.24, 2.45) is 5.92 Å². The summed E-state index contributed by atoms with van der Waals surface area (Å²) < 4.78 is 57.8. The lowest BCUT2D eigenvalue weighted by molar-refractivity contribution is -0.192. The Morgan fingerprint density at radius 2 is 1.85 bits per heavy atom. The Morgan fingerprint density at radius 3 is 2.44 bits per heavy atom. The Balaban J connectivity index is 0.000000448. The Kier molecular flexibility index (Phi) is 10.1. The molecule has 216 valence electrons. The van der Waals surface area contributed by atoms with E-state index in [1.165, 1.54) is 6.07 Å². The average molecular weight is 577 g/mol. The number of aliphatic carboxylic acids is 1. The third-order valence-corrected chi connectivity index (χ3v) is 8.44. The fourth-order valence-corrected chi connectivity index (χ4v) is 5.73. The van der Waals surface area contributed by atoms with Gasteiger partial charge in [0.05, 0.1) is 17.9 Å². The summed E-state index contributed by atoms with van der Waals surface area (Å²) in [5.41, 5.74) is -0.0712. The molecule has 0 unspecified atom stereocenters. The van der Waals surface area contributed by atoms with Crippen LogP contribution in [0.25, 0.3) is 10.9 Å². The van der Waals surface area contributed by atoms with E-state index < -0.39 is 23.5 Å². The number of nitrogens with zero attached hydrogens (tertiary/aromatic N) is 2. The molecule has 0 bridgehead atoms. The number of hydrogen-bond acceptors (Lipinski definition) is 8. The van der Waals surface area contributed by atoms with Gasteiger partial charge in [0.25, 0.3) is 5.56 Å². The molecule has 3 aliphatic rings. The standard InChI is InChI=1S/C23H31FN4O3S.C2HF3O2/c24-19-9-17(31-13-15-1-5-28(6-2-15)16-11-25-12-16)10-20-22(19)23(29)27-21(26-20)14-32-18-3-7-30-8-4-18;3-2(4,5)1(6)7/h9-10,15-16,18,25H,1-8,11-14H2,(H,26,27,29);(H,6,7). The minimum absolute atomic E-state index is 0.000387. The summed E-state index contributed by atoms with van der Waals surface area (Å²) >= 11 is 1.77. The van der Waals surface area contributed by atoms with Crippen molar-refractivity contribution in [2.75, 3.05) is 46.0 Å². The van der Waals surface area contributed by atoms with Gasteiger partial charge in [-0.3, -0.25) is 9.69 Å². The van der Waals surface area contributed by atoms with Crippen molar-refractivity contribution in [3.8, 4) is 5.75 Å². The van der Waals surface area contributed by atoms with E-state index in [2.05, 4.69) is 20.2 Å². The third-order valence-electron chi connectivity index (χ3n) is 7.06. The SMILES string of the molecule is O=C(O)C(F)(F)F.O=c1[nH]c(CSC2CCOCC2)nc2cc(OCC3CCN(C4CNC4)CC3)cc(F)c12. The molecule has 0 aliphatic carbocycles. The highest BCUT2D eigenvalue weighted by Crippen LogP contribution is 2.27. The van der Waals surface area contributed by atoms with Gasteiger partial charge in [0, 0.05) is 49.7 Å². The number of aromatic nitrogens is 2. The number of hydrogen-bond donors (Lipinski definition) is 3. The number of likely N-dealkylation sites (tertiary alicyclic amines) is 1. The van der Waals surface area contributed by atoms with Crippen LogP contribution < -0.4 is 15.6 Å². The number of halogens is 4. The number of thioether (sulfide) groups is 1. The van der Waals surface area contributed by atoms with E-state index >= 15 is 0 Å². The summed E-state index contributed by atoms with van der Waals surface area (Å²) in [4.78, 5) is 31.2. The fraction of sp³-hybridized carbons (Fsp3) is 0.640. The van der Waals surface area contributed by atoms with Crippen LogP contribution >= 0.6 is 11.8 Å². The topological polar surface area (TPSA) is 117 Å². The van der Waals surface area contributed by atoms with Gasteiger partial charge in [0.2, 0.25) is 0 Å². The van der Waals surface area contributed by atoms with Crippen molar-refractivity contribution in [1.82, 2.24) is 20.2 Å². The zero-order valence-corrected chi connectivity index (χ0v) is 22.1. The quantitative estimate of drug-likeness (QED) is 0.428. The van der Waals surface area contributed by atoms with E-state index in [1.807, 2.05) is 0 Å². The Bertz CT molecular complexity index is 1180. The summed E-state index contributed by atoms with van der Waals surface area (Å²) in [6, 6.07) is 3.70. The van der Waals surface area contributed by atoms with Crippen LogP contribution in [0.5, 0.6) is 5.75 Å². The van der Waals surface area contributed by atoms with Crippen LogP contribution in [0.3, 0.4) is 0 Å². The molecule has 3 N–H and O–H groups in total. The molecule has 1 aromatic heterocycles. The second-order valence-electron chi connectivity index (χ2n) is 9.84. The number of aromatic amines is 1. The minimum Gasteiger partial charge on any atom is -0.493 e. The molecule has 3 aliphatic heterocycles. The largest absolute Gasteiger partial charge is 0.493 e. The van der Waals surface area contributed by atoms with Gasteiger partial charge >= 0.3 is 12.1 Å². The number of piperidine rings is 1. The molecule has 9 nitrogen and oxygen atoms in total. The molecular formula is C25H32F4N4O5S. The van der Waals surface area contributed by atoms with E-state index in [9.17, 15) is 22.4 Å². The molecule has 14 heteroatoms. The smallest absolute Gasteiger partial charge is 0.490 e. The van der Waals surface area contributed by atoms with Gasteiger partial charge in [-0.25, -0.2) is 14.2 Å². The van der Waals surface area contributed by atoms with Crippen molar-refractivity contribution < 1.29 is 36.9 Å². The molecule has 4 heterocycles. The lowest BCUT2D eigenvalue weighted by Crippen LogP contribution is -2.58. The predicted octanol–water partition coefficient (Wildman–Crippen LogP) is 3.17. The summed E-state index contributed by atoms with van der Waals surface area (Å²) in [6.07, 6.45) is -0.882. The highest BCUT2D eigenvalue weighted by atomic mass is 32.2. The number of rotatable bonds is 7. The van der Waals surface area contributed by atoms with Crippen LogP contribution in [0.2, 0.25) is 0 Å². The minimum atomic E-state index is -5.08. The number of fused-ring (bicyclic) bond motifs is 1. The molecular weight excluding hydrogens is 544 g/mol. The Labute approximate surface area is 226 Å². The molecule has 5 rings (SSSR count). The monoisotopic (exact) mass is 576 g/mol. The van der Waals surface area contributed by atoms with Gasteiger partial charge in [-0.1, -0.05) is 0 Å². The van der Waals surface area contributed by atoms with Crippen LogP contribution in [-0.4, -0.2) is 89.4 Å². The van der Waals surface area contributed by atoms with Gasteiger partial charge in [0.1, 0.15) is 22.8 Å². The maximum atomic E-state index is 14.7. The number of carboxylic acids is 1. The number of benzene rings is 1. The predicted molar refractivity (Wildman–Crippen MR) is 138 cm³/mol. The average Bonchev–Trinajstić information content (AvgIpc) is 2.86. The maximum absolute atomic E-state index is 14.7. The number of carboxylic acid groups (broad SMARTS) is 1. The van der Waals surface area contributed by atoms with Gasteiger partial charge < -0.3 is 24.9 Å². The zero-order chi connectivity index (χ0) is 28.0. The van der Waals surface area contributed by atoms with E-state index in [-0.39, 0.29) is 5.39 Å². The molecule has 0 atom stereocenters. The fourth-order valence-electron chi connectivity index (χ4n) is 4.67. The van der Waals surface area contributed by atoms with Crippen molar-refractivity contribution >= 4 is 28.6 Å². The first-order valence-electron chi connectivity index (χ1n) is 12.9. The molecule has 0 amide bonds. The summed E-state index contributed by atoms with van der Waals surface area (Å²) in [7, 11) is 0. The first kappa shape index (κ1) is 29.6. The van der Waals surface area contributed by atoms with Crippen LogP contribution in [0, 0.1) is 11.7 Å². The molecule has 0 radical (unpaired) electrons. The number of ether oxygens (including phenoxy) is 2. The van der Waals surface area contributed by atoms with E-state index in [4.69, 9.17) is 19.4 Å². The van der Waals surface area contributed by atoms with Crippen LogP contribution in [0.1, 0.15) is 31.5 Å². The number of nitrogens with one attached hydrogen (secondary N) is 2. The number of carbonyl (C=O) groups is 1. The molecule has 3 saturated heterocycles. The first-order chi connectivity index (χ1) is 18.6. The number of H-pyrrole nitrogens is 1. The van der Waals surface area contributed by atoms with Gasteiger partial charge in [-0.05, 0) is 44.7 Å². The molecule has 2 aromatic rings. The van der Waals surface area contributed by atoms with Crippen LogP contribution in [-0.2, 0) is 15.3 Å². The number of alkyl halides is 3. The molecule has 39 heavy (non-hydrogen) atoms. The van der Waals surface area contributed by atoms with Crippen molar-refractivity contribution in [2.45, 2.75) is 48.9 Å². The second kappa shape index (κ2) is 13.3. The normalized spacial score (nSPS) is 19.8. The van der Waals surface area contributed by atoms with Crippen LogP contribution in [0.4, 0.5) is 17.6 Å². The molecule has 0 spiro atoms. The summed E-state index contributed by atoms with van der Waals surface area (Å²) in [5.74, 6) is -1.25. The van der Waals surface area contributed by atoms with Gasteiger partial charge in [-0.15, -0.1) is 0 Å². The maximum Gasteiger partial charge on any atom is 0.490 e. The third kappa shape index (κ3) is 8.29. The van der Waals surface area contributed by atoms with E-state index in [0.717, 1.165) is 65.1 Å². The molecule has 3 fully saturated rings. The lowest BCUT2D eigenvalue weighted by Gasteiger charge is -2.42. The van der Waals surface area contributed by atoms with E-state index in [1.54, 1.807) is 17.8 Å². The van der Waals surface area contributed by atoms with Crippen molar-refractivity contribution in [3.63, 3.8) is 0 Å². The Morgan fingerprint density at radius 1 is 1.18 bits per heavy atom. The van der Waals surface area contributed by atoms with E-state index in [0.29, 0.717) is 46.7 Å². The van der Waals surface area contributed by atoms with Crippen LogP contribution in [0.15, 0.2) is 16.9 Å². The Hall–Kier alpha value is -2.42. The van der Waals surface area contributed by atoms with Gasteiger partial charge in [0.15, 0.2) is 0 Å². The van der Waals surface area contributed by atoms with Crippen molar-refractivity contribution in [1.29, 1.82) is 0 Å². The highest BCUT2D eigenvalue weighted by molar-refractivity contribution is 7.99.